The third kappa shape index (κ3) is 4.09. The van der Waals surface area contributed by atoms with E-state index >= 15 is 0 Å². The topological polar surface area (TPSA) is 105 Å². The Balaban J connectivity index is 1.50. The second-order valence-corrected chi connectivity index (χ2v) is 10.7. The predicted octanol–water partition coefficient (Wildman–Crippen LogP) is 2.80. The number of halogens is 2. The number of hydrogen-bond acceptors (Lipinski definition) is 6. The van der Waals surface area contributed by atoms with Gasteiger partial charge in [0.25, 0.3) is 5.91 Å². The lowest BCUT2D eigenvalue weighted by Gasteiger charge is -2.28. The molecule has 0 radical (unpaired) electrons. The standard InChI is InChI=1S/C24H22F2N4O3S/c25-21-13-18-15(5-6-28-24(18)31)11-19(21)20-12-17(22(26)29-23(20)27)14-1-3-16(4-2-14)30-7-9-34(32,33)10-8-30/h1-4,11-13H,5-10H2,(H2,27,29)(H,28,31). The van der Waals surface area contributed by atoms with Gasteiger partial charge < -0.3 is 16.0 Å². The highest BCUT2D eigenvalue weighted by molar-refractivity contribution is 7.91. The molecule has 7 nitrogen and oxygen atoms in total. The minimum atomic E-state index is -2.99. The predicted molar refractivity (Wildman–Crippen MR) is 126 cm³/mol. The van der Waals surface area contributed by atoms with Crippen molar-refractivity contribution in [3.63, 3.8) is 0 Å². The highest BCUT2D eigenvalue weighted by Gasteiger charge is 2.24. The van der Waals surface area contributed by atoms with E-state index in [9.17, 15) is 22.0 Å². The number of carbonyl (C=O) groups excluding carboxylic acids is 1. The number of carbonyl (C=O) groups is 1. The van der Waals surface area contributed by atoms with Crippen molar-refractivity contribution >= 4 is 27.2 Å². The first kappa shape index (κ1) is 22.3. The van der Waals surface area contributed by atoms with Crippen LogP contribution in [0.2, 0.25) is 0 Å². The Morgan fingerprint density at radius 2 is 1.65 bits per heavy atom. The summed E-state index contributed by atoms with van der Waals surface area (Å²) < 4.78 is 53.1. The van der Waals surface area contributed by atoms with Crippen LogP contribution < -0.4 is 16.0 Å². The number of fused-ring (bicyclic) bond motifs is 1. The Kier molecular flexibility index (Phi) is 5.47. The second kappa shape index (κ2) is 8.35. The minimum absolute atomic E-state index is 0.0998. The molecule has 2 aliphatic rings. The Hall–Kier alpha value is -3.53. The molecule has 3 aromatic rings. The van der Waals surface area contributed by atoms with Gasteiger partial charge in [0, 0.05) is 47.6 Å². The van der Waals surface area contributed by atoms with Gasteiger partial charge in [0.05, 0.1) is 11.5 Å². The monoisotopic (exact) mass is 484 g/mol. The first-order valence-corrected chi connectivity index (χ1v) is 12.7. The molecule has 1 fully saturated rings. The van der Waals surface area contributed by atoms with Gasteiger partial charge in [-0.1, -0.05) is 12.1 Å². The van der Waals surface area contributed by atoms with Crippen molar-refractivity contribution in [2.45, 2.75) is 6.42 Å². The highest BCUT2D eigenvalue weighted by atomic mass is 32.2. The molecule has 3 heterocycles. The van der Waals surface area contributed by atoms with Gasteiger partial charge in [0.1, 0.15) is 11.6 Å². The molecule has 2 aliphatic heterocycles. The fourth-order valence-corrected chi connectivity index (χ4v) is 5.59. The van der Waals surface area contributed by atoms with Crippen molar-refractivity contribution in [3.05, 3.63) is 65.4 Å². The molecule has 2 aromatic carbocycles. The van der Waals surface area contributed by atoms with E-state index in [2.05, 4.69) is 10.3 Å². The number of benzene rings is 2. The molecule has 3 N–H and O–H groups in total. The maximum absolute atomic E-state index is 15.0. The van der Waals surface area contributed by atoms with Crippen LogP contribution in [-0.2, 0) is 16.3 Å². The van der Waals surface area contributed by atoms with E-state index in [1.165, 1.54) is 12.1 Å². The largest absolute Gasteiger partial charge is 0.383 e. The molecule has 0 unspecified atom stereocenters. The van der Waals surface area contributed by atoms with Crippen molar-refractivity contribution in [1.29, 1.82) is 0 Å². The minimum Gasteiger partial charge on any atom is -0.383 e. The van der Waals surface area contributed by atoms with Crippen LogP contribution in [0.3, 0.4) is 0 Å². The molecule has 1 amide bonds. The first-order chi connectivity index (χ1) is 16.2. The number of aromatic nitrogens is 1. The van der Waals surface area contributed by atoms with E-state index in [-0.39, 0.29) is 45.5 Å². The van der Waals surface area contributed by atoms with Crippen LogP contribution >= 0.6 is 0 Å². The fraction of sp³-hybridized carbons (Fsp3) is 0.250. The number of anilines is 2. The van der Waals surface area contributed by atoms with E-state index in [4.69, 9.17) is 5.73 Å². The summed E-state index contributed by atoms with van der Waals surface area (Å²) in [7, 11) is -2.99. The van der Waals surface area contributed by atoms with Crippen LogP contribution in [0.1, 0.15) is 15.9 Å². The number of sulfone groups is 1. The lowest BCUT2D eigenvalue weighted by Crippen LogP contribution is -2.40. The molecule has 10 heteroatoms. The molecule has 0 bridgehead atoms. The summed E-state index contributed by atoms with van der Waals surface area (Å²) in [6.07, 6.45) is 0.551. The maximum atomic E-state index is 15.0. The molecule has 5 rings (SSSR count). The number of pyridine rings is 1. The molecular formula is C24H22F2N4O3S. The summed E-state index contributed by atoms with van der Waals surface area (Å²) in [5.74, 6) is -1.70. The lowest BCUT2D eigenvalue weighted by atomic mass is 9.93. The number of nitrogen functional groups attached to an aromatic ring is 1. The maximum Gasteiger partial charge on any atom is 0.251 e. The first-order valence-electron chi connectivity index (χ1n) is 10.8. The Morgan fingerprint density at radius 3 is 2.35 bits per heavy atom. The average molecular weight is 485 g/mol. The van der Waals surface area contributed by atoms with Crippen molar-refractivity contribution in [2.75, 3.05) is 41.8 Å². The second-order valence-electron chi connectivity index (χ2n) is 8.44. The molecule has 34 heavy (non-hydrogen) atoms. The number of nitrogens with one attached hydrogen (secondary N) is 1. The van der Waals surface area contributed by atoms with Crippen molar-refractivity contribution < 1.29 is 22.0 Å². The Bertz CT molecular complexity index is 1390. The van der Waals surface area contributed by atoms with Crippen LogP contribution in [0.25, 0.3) is 22.3 Å². The van der Waals surface area contributed by atoms with Crippen molar-refractivity contribution in [2.24, 2.45) is 0 Å². The molecule has 0 atom stereocenters. The molecule has 176 valence electrons. The van der Waals surface area contributed by atoms with Gasteiger partial charge in [-0.05, 0) is 47.9 Å². The summed E-state index contributed by atoms with van der Waals surface area (Å²) in [5, 5.41) is 2.68. The van der Waals surface area contributed by atoms with Gasteiger partial charge in [-0.2, -0.15) is 4.39 Å². The quantitative estimate of drug-likeness (QED) is 0.554. The van der Waals surface area contributed by atoms with Gasteiger partial charge in [0.2, 0.25) is 5.95 Å². The smallest absolute Gasteiger partial charge is 0.251 e. The zero-order chi connectivity index (χ0) is 24.0. The number of hydrogen-bond donors (Lipinski definition) is 2. The molecule has 0 aliphatic carbocycles. The van der Waals surface area contributed by atoms with Gasteiger partial charge in [0.15, 0.2) is 9.84 Å². The Labute approximate surface area is 195 Å². The SMILES string of the molecule is Nc1nc(F)c(-c2ccc(N3CCS(=O)(=O)CC3)cc2)cc1-c1cc2c(cc1F)C(=O)NCC2. The summed E-state index contributed by atoms with van der Waals surface area (Å²) in [4.78, 5) is 17.8. The number of rotatable bonds is 3. The van der Waals surface area contributed by atoms with Crippen molar-refractivity contribution in [3.8, 4) is 22.3 Å². The van der Waals surface area contributed by atoms with E-state index in [0.29, 0.717) is 37.2 Å². The van der Waals surface area contributed by atoms with Gasteiger partial charge in [-0.3, -0.25) is 4.79 Å². The van der Waals surface area contributed by atoms with E-state index in [0.717, 1.165) is 5.69 Å². The van der Waals surface area contributed by atoms with E-state index in [1.807, 2.05) is 4.90 Å². The number of nitrogens with zero attached hydrogens (tertiary/aromatic N) is 2. The molecule has 0 saturated carbocycles. The van der Waals surface area contributed by atoms with Gasteiger partial charge in [-0.15, -0.1) is 0 Å². The Morgan fingerprint density at radius 1 is 0.941 bits per heavy atom. The molecule has 0 spiro atoms. The highest BCUT2D eigenvalue weighted by Crippen LogP contribution is 2.35. The molecular weight excluding hydrogens is 462 g/mol. The van der Waals surface area contributed by atoms with Crippen LogP contribution in [0.15, 0.2) is 42.5 Å². The number of amides is 1. The van der Waals surface area contributed by atoms with E-state index in [1.54, 1.807) is 30.3 Å². The zero-order valence-corrected chi connectivity index (χ0v) is 19.0. The van der Waals surface area contributed by atoms with Crippen LogP contribution in [0, 0.1) is 11.8 Å². The summed E-state index contributed by atoms with van der Waals surface area (Å²) in [6.45, 7) is 1.26. The normalized spacial score (nSPS) is 17.2. The summed E-state index contributed by atoms with van der Waals surface area (Å²) in [6, 6.07) is 11.2. The third-order valence-corrected chi connectivity index (χ3v) is 7.91. The summed E-state index contributed by atoms with van der Waals surface area (Å²) in [5.41, 5.74) is 8.86. The fourth-order valence-electron chi connectivity index (χ4n) is 4.39. The average Bonchev–Trinajstić information content (AvgIpc) is 2.80. The van der Waals surface area contributed by atoms with Crippen LogP contribution in [0.4, 0.5) is 20.3 Å². The van der Waals surface area contributed by atoms with Gasteiger partial charge in [-0.25, -0.2) is 17.8 Å². The van der Waals surface area contributed by atoms with E-state index < -0.39 is 21.6 Å². The lowest BCUT2D eigenvalue weighted by molar-refractivity contribution is 0.0945. The number of nitrogens with two attached hydrogens (primary N) is 1. The molecule has 1 saturated heterocycles. The summed E-state index contributed by atoms with van der Waals surface area (Å²) >= 11 is 0. The van der Waals surface area contributed by atoms with Crippen LogP contribution in [-0.4, -0.2) is 50.4 Å². The third-order valence-electron chi connectivity index (χ3n) is 6.30. The zero-order valence-electron chi connectivity index (χ0n) is 18.1. The van der Waals surface area contributed by atoms with Crippen LogP contribution in [0.5, 0.6) is 0 Å². The molecule has 1 aromatic heterocycles. The van der Waals surface area contributed by atoms with Gasteiger partial charge >= 0.3 is 0 Å². The van der Waals surface area contributed by atoms with Crippen molar-refractivity contribution in [1.82, 2.24) is 10.3 Å².